The normalized spacial score (nSPS) is 31.0. The lowest BCUT2D eigenvalue weighted by Crippen LogP contribution is -2.52. The maximum absolute atomic E-state index is 12.4. The number of hydrogen-bond donors (Lipinski definition) is 2. The van der Waals surface area contributed by atoms with Gasteiger partial charge in [0.15, 0.2) is 0 Å². The molecular formula is C16H27N3O3. The number of carbonyl (C=O) groups excluding carboxylic acids is 2. The highest BCUT2D eigenvalue weighted by atomic mass is 16.5. The van der Waals surface area contributed by atoms with Crippen molar-refractivity contribution >= 4 is 11.9 Å². The van der Waals surface area contributed by atoms with E-state index >= 15 is 0 Å². The third kappa shape index (κ3) is 3.37. The van der Waals surface area contributed by atoms with Gasteiger partial charge in [-0.3, -0.25) is 4.79 Å². The predicted octanol–water partition coefficient (Wildman–Crippen LogP) is 1.11. The Morgan fingerprint density at radius 3 is 2.68 bits per heavy atom. The van der Waals surface area contributed by atoms with Crippen molar-refractivity contribution in [2.24, 2.45) is 11.8 Å². The Morgan fingerprint density at radius 1 is 1.27 bits per heavy atom. The van der Waals surface area contributed by atoms with E-state index in [1.54, 1.807) is 4.90 Å². The minimum Gasteiger partial charge on any atom is -0.370 e. The van der Waals surface area contributed by atoms with E-state index in [1.165, 1.54) is 6.42 Å². The van der Waals surface area contributed by atoms with Crippen LogP contribution in [0.1, 0.15) is 39.5 Å². The largest absolute Gasteiger partial charge is 0.370 e. The minimum absolute atomic E-state index is 0.000639. The van der Waals surface area contributed by atoms with Gasteiger partial charge in [0.05, 0.1) is 18.1 Å². The summed E-state index contributed by atoms with van der Waals surface area (Å²) in [4.78, 5) is 26.4. The van der Waals surface area contributed by atoms with E-state index in [2.05, 4.69) is 24.5 Å². The van der Waals surface area contributed by atoms with Crippen molar-refractivity contribution in [2.45, 2.75) is 57.8 Å². The topological polar surface area (TPSA) is 70.7 Å². The molecule has 0 unspecified atom stereocenters. The number of rotatable bonds is 4. The van der Waals surface area contributed by atoms with Crippen LogP contribution in [0.15, 0.2) is 0 Å². The maximum atomic E-state index is 12.4. The average molecular weight is 309 g/mol. The molecule has 6 nitrogen and oxygen atoms in total. The summed E-state index contributed by atoms with van der Waals surface area (Å²) in [6, 6.07) is 0.324. The lowest BCUT2D eigenvalue weighted by molar-refractivity contribution is -0.128. The molecule has 0 radical (unpaired) electrons. The second-order valence-corrected chi connectivity index (χ2v) is 7.26. The van der Waals surface area contributed by atoms with Crippen molar-refractivity contribution in [3.05, 3.63) is 0 Å². The zero-order valence-corrected chi connectivity index (χ0v) is 13.5. The van der Waals surface area contributed by atoms with Crippen LogP contribution in [0, 0.1) is 11.8 Å². The third-order valence-corrected chi connectivity index (χ3v) is 4.89. The van der Waals surface area contributed by atoms with Gasteiger partial charge in [0.2, 0.25) is 5.91 Å². The quantitative estimate of drug-likeness (QED) is 0.817. The lowest BCUT2D eigenvalue weighted by atomic mass is 9.91. The van der Waals surface area contributed by atoms with Gasteiger partial charge in [-0.1, -0.05) is 13.8 Å². The van der Waals surface area contributed by atoms with Crippen LogP contribution in [0.2, 0.25) is 0 Å². The molecule has 1 aliphatic carbocycles. The van der Waals surface area contributed by atoms with Crippen molar-refractivity contribution in [1.82, 2.24) is 15.5 Å². The summed E-state index contributed by atoms with van der Waals surface area (Å²) in [7, 11) is 0. The van der Waals surface area contributed by atoms with E-state index in [0.29, 0.717) is 31.6 Å². The van der Waals surface area contributed by atoms with E-state index in [9.17, 15) is 9.59 Å². The zero-order chi connectivity index (χ0) is 15.7. The van der Waals surface area contributed by atoms with Gasteiger partial charge in [0.1, 0.15) is 0 Å². The molecule has 0 aromatic carbocycles. The number of ether oxygens (including phenoxy) is 1. The summed E-state index contributed by atoms with van der Waals surface area (Å²) in [6.07, 6.45) is 3.98. The predicted molar refractivity (Wildman–Crippen MR) is 82.4 cm³/mol. The van der Waals surface area contributed by atoms with E-state index < -0.39 is 0 Å². The SMILES string of the molecule is CC(C)CNC(=O)N1C[C@@H]2C[C@@H](C(=O)NC3CCC3)[C@H](C1)O2. The molecule has 3 fully saturated rings. The van der Waals surface area contributed by atoms with Crippen molar-refractivity contribution in [3.8, 4) is 0 Å². The van der Waals surface area contributed by atoms with E-state index in [-0.39, 0.29) is 30.1 Å². The highest BCUT2D eigenvalue weighted by molar-refractivity contribution is 5.80. The second-order valence-electron chi connectivity index (χ2n) is 7.26. The first-order chi connectivity index (χ1) is 10.5. The molecule has 2 heterocycles. The van der Waals surface area contributed by atoms with Crippen molar-refractivity contribution in [2.75, 3.05) is 19.6 Å². The molecule has 1 saturated carbocycles. The Hall–Kier alpha value is -1.30. The Bertz CT molecular complexity index is 436. The zero-order valence-electron chi connectivity index (χ0n) is 13.5. The average Bonchev–Trinajstić information content (AvgIpc) is 2.74. The van der Waals surface area contributed by atoms with Crippen molar-refractivity contribution in [1.29, 1.82) is 0 Å². The summed E-state index contributed by atoms with van der Waals surface area (Å²) in [5.41, 5.74) is 0. The molecule has 2 bridgehead atoms. The summed E-state index contributed by atoms with van der Waals surface area (Å²) in [5, 5.41) is 6.06. The second kappa shape index (κ2) is 6.44. The number of likely N-dealkylation sites (tertiary alicyclic amines) is 1. The molecule has 3 aliphatic rings. The first-order valence-electron chi connectivity index (χ1n) is 8.51. The van der Waals surface area contributed by atoms with Crippen LogP contribution in [-0.4, -0.2) is 54.7 Å². The summed E-state index contributed by atoms with van der Waals surface area (Å²) < 4.78 is 5.89. The molecule has 2 N–H and O–H groups in total. The number of carbonyl (C=O) groups is 2. The molecule has 0 spiro atoms. The van der Waals surface area contributed by atoms with Crippen LogP contribution in [0.5, 0.6) is 0 Å². The first-order valence-corrected chi connectivity index (χ1v) is 8.51. The molecule has 0 aromatic rings. The summed E-state index contributed by atoms with van der Waals surface area (Å²) in [6.45, 7) is 5.93. The standard InChI is InChI=1S/C16H27N3O3/c1-10(2)7-17-16(21)19-8-12-6-13(14(9-19)22-12)15(20)18-11-4-3-5-11/h10-14H,3-9H2,1-2H3,(H,17,21)(H,18,20)/t12-,13+,14-/m0/s1. The van der Waals surface area contributed by atoms with Gasteiger partial charge in [-0.25, -0.2) is 4.79 Å². The highest BCUT2D eigenvalue weighted by Crippen LogP contribution is 2.32. The molecule has 124 valence electrons. The summed E-state index contributed by atoms with van der Waals surface area (Å²) in [5.74, 6) is 0.442. The molecule has 22 heavy (non-hydrogen) atoms. The van der Waals surface area contributed by atoms with Gasteiger partial charge in [0, 0.05) is 25.7 Å². The van der Waals surface area contributed by atoms with Gasteiger partial charge >= 0.3 is 6.03 Å². The molecular weight excluding hydrogens is 282 g/mol. The molecule has 0 aromatic heterocycles. The molecule has 3 rings (SSSR count). The lowest BCUT2D eigenvalue weighted by Gasteiger charge is -2.33. The molecule has 2 aliphatic heterocycles. The van der Waals surface area contributed by atoms with Crippen LogP contribution in [0.3, 0.4) is 0 Å². The minimum atomic E-state index is -0.149. The van der Waals surface area contributed by atoms with Crippen molar-refractivity contribution in [3.63, 3.8) is 0 Å². The number of hydrogen-bond acceptors (Lipinski definition) is 3. The van der Waals surface area contributed by atoms with Gasteiger partial charge in [-0.2, -0.15) is 0 Å². The first kappa shape index (κ1) is 15.6. The van der Waals surface area contributed by atoms with Crippen molar-refractivity contribution < 1.29 is 14.3 Å². The van der Waals surface area contributed by atoms with Gasteiger partial charge in [0.25, 0.3) is 0 Å². The van der Waals surface area contributed by atoms with Gasteiger partial charge in [-0.05, 0) is 31.6 Å². The Balaban J connectivity index is 1.52. The smallest absolute Gasteiger partial charge is 0.317 e. The summed E-state index contributed by atoms with van der Waals surface area (Å²) >= 11 is 0. The molecule has 2 saturated heterocycles. The fourth-order valence-corrected chi connectivity index (χ4v) is 3.36. The highest BCUT2D eigenvalue weighted by Gasteiger charge is 2.46. The fraction of sp³-hybridized carbons (Fsp3) is 0.875. The molecule has 6 heteroatoms. The van der Waals surface area contributed by atoms with E-state index in [1.807, 2.05) is 0 Å². The number of urea groups is 1. The number of nitrogens with one attached hydrogen (secondary N) is 2. The Labute approximate surface area is 131 Å². The number of fused-ring (bicyclic) bond motifs is 2. The van der Waals surface area contributed by atoms with Crippen LogP contribution < -0.4 is 10.6 Å². The van der Waals surface area contributed by atoms with Crippen LogP contribution in [0.4, 0.5) is 4.79 Å². The fourth-order valence-electron chi connectivity index (χ4n) is 3.36. The van der Waals surface area contributed by atoms with Gasteiger partial charge < -0.3 is 20.3 Å². The Morgan fingerprint density at radius 2 is 2.05 bits per heavy atom. The maximum Gasteiger partial charge on any atom is 0.317 e. The number of amides is 3. The van der Waals surface area contributed by atoms with E-state index in [4.69, 9.17) is 4.74 Å². The van der Waals surface area contributed by atoms with Gasteiger partial charge in [-0.15, -0.1) is 0 Å². The number of nitrogens with zero attached hydrogens (tertiary/aromatic N) is 1. The van der Waals surface area contributed by atoms with Crippen LogP contribution in [-0.2, 0) is 9.53 Å². The number of morpholine rings is 1. The monoisotopic (exact) mass is 309 g/mol. The molecule has 3 atom stereocenters. The Kier molecular flexibility index (Phi) is 4.57. The van der Waals surface area contributed by atoms with Crippen LogP contribution >= 0.6 is 0 Å². The van der Waals surface area contributed by atoms with E-state index in [0.717, 1.165) is 19.3 Å². The van der Waals surface area contributed by atoms with Crippen LogP contribution in [0.25, 0.3) is 0 Å². The molecule has 3 amide bonds. The third-order valence-electron chi connectivity index (χ3n) is 4.89.